The second-order valence-electron chi connectivity index (χ2n) is 4.94. The molecule has 16 heavy (non-hydrogen) atoms. The zero-order valence-electron chi connectivity index (χ0n) is 10.0. The van der Waals surface area contributed by atoms with Crippen molar-refractivity contribution in [1.82, 2.24) is 10.2 Å². The van der Waals surface area contributed by atoms with Gasteiger partial charge in [0.2, 0.25) is 0 Å². The molecule has 2 N–H and O–H groups in total. The third-order valence-corrected chi connectivity index (χ3v) is 5.03. The Balaban J connectivity index is 1.57. The van der Waals surface area contributed by atoms with Gasteiger partial charge in [0.05, 0.1) is 6.10 Å². The van der Waals surface area contributed by atoms with Crippen LogP contribution >= 0.6 is 11.8 Å². The Morgan fingerprint density at radius 2 is 1.94 bits per heavy atom. The number of thioether (sulfide) groups is 1. The molecule has 1 heterocycles. The summed E-state index contributed by atoms with van der Waals surface area (Å²) in [6.07, 6.45) is 5.39. The molecule has 2 aliphatic rings. The van der Waals surface area contributed by atoms with Crippen LogP contribution in [0.15, 0.2) is 0 Å². The van der Waals surface area contributed by atoms with Crippen LogP contribution in [-0.4, -0.2) is 59.8 Å². The van der Waals surface area contributed by atoms with E-state index in [1.807, 2.05) is 11.8 Å². The third-order valence-electron chi connectivity index (χ3n) is 3.51. The Kier molecular flexibility index (Phi) is 5.42. The zero-order valence-corrected chi connectivity index (χ0v) is 10.8. The van der Waals surface area contributed by atoms with Gasteiger partial charge in [-0.15, -0.1) is 0 Å². The van der Waals surface area contributed by atoms with Crippen LogP contribution in [0, 0.1) is 0 Å². The topological polar surface area (TPSA) is 35.5 Å². The number of aliphatic hydroxyl groups excluding tert-OH is 1. The first-order valence-electron chi connectivity index (χ1n) is 6.57. The van der Waals surface area contributed by atoms with Crippen molar-refractivity contribution in [2.75, 3.05) is 38.5 Å². The van der Waals surface area contributed by atoms with E-state index in [1.54, 1.807) is 0 Å². The van der Waals surface area contributed by atoms with Crippen LogP contribution in [0.25, 0.3) is 0 Å². The van der Waals surface area contributed by atoms with E-state index >= 15 is 0 Å². The van der Waals surface area contributed by atoms with E-state index in [0.717, 1.165) is 43.7 Å². The minimum atomic E-state index is -0.135. The maximum atomic E-state index is 9.98. The maximum absolute atomic E-state index is 9.98. The largest absolute Gasteiger partial charge is 0.391 e. The normalized spacial score (nSPS) is 26.1. The number of nitrogens with one attached hydrogen (secondary N) is 1. The molecular weight excluding hydrogens is 220 g/mol. The average molecular weight is 244 g/mol. The number of hydrogen-bond donors (Lipinski definition) is 2. The summed E-state index contributed by atoms with van der Waals surface area (Å²) in [6.45, 7) is 5.18. The third kappa shape index (κ3) is 4.24. The summed E-state index contributed by atoms with van der Waals surface area (Å²) < 4.78 is 0. The second kappa shape index (κ2) is 6.84. The lowest BCUT2D eigenvalue weighted by atomic mass is 10.3. The molecule has 0 spiro atoms. The van der Waals surface area contributed by atoms with Gasteiger partial charge in [-0.3, -0.25) is 4.90 Å². The summed E-state index contributed by atoms with van der Waals surface area (Å²) in [5.74, 6) is 0.925. The predicted octanol–water partition coefficient (Wildman–Crippen LogP) is 0.928. The van der Waals surface area contributed by atoms with Crippen molar-refractivity contribution in [2.24, 2.45) is 0 Å². The molecule has 94 valence electrons. The standard InChI is InChI=1S/C12H24N2OS/c15-11(9-14-7-5-13-6-8-14)10-16-12-3-1-2-4-12/h11-13,15H,1-10H2. The molecule has 1 aliphatic carbocycles. The molecule has 0 bridgehead atoms. The van der Waals surface area contributed by atoms with Crippen LogP contribution in [0.2, 0.25) is 0 Å². The highest BCUT2D eigenvalue weighted by Gasteiger charge is 2.18. The lowest BCUT2D eigenvalue weighted by Crippen LogP contribution is -2.46. The SMILES string of the molecule is OC(CSC1CCCC1)CN1CCNCC1. The fourth-order valence-corrected chi connectivity index (χ4v) is 3.81. The second-order valence-corrected chi connectivity index (χ2v) is 6.28. The number of hydrogen-bond acceptors (Lipinski definition) is 4. The summed E-state index contributed by atoms with van der Waals surface area (Å²) in [5.41, 5.74) is 0. The van der Waals surface area contributed by atoms with E-state index in [-0.39, 0.29) is 6.10 Å². The smallest absolute Gasteiger partial charge is 0.0757 e. The molecule has 1 aliphatic heterocycles. The number of aliphatic hydroxyl groups is 1. The quantitative estimate of drug-likeness (QED) is 0.754. The van der Waals surface area contributed by atoms with Crippen molar-refractivity contribution in [3.63, 3.8) is 0 Å². The molecule has 1 saturated heterocycles. The number of β-amino-alcohol motifs (C(OH)–C–C–N with tert-alkyl or cyclic N) is 1. The van der Waals surface area contributed by atoms with Crippen molar-refractivity contribution in [3.05, 3.63) is 0 Å². The van der Waals surface area contributed by atoms with Crippen LogP contribution in [-0.2, 0) is 0 Å². The van der Waals surface area contributed by atoms with Crippen LogP contribution < -0.4 is 5.32 Å². The van der Waals surface area contributed by atoms with E-state index in [2.05, 4.69) is 10.2 Å². The van der Waals surface area contributed by atoms with Crippen LogP contribution in [0.4, 0.5) is 0 Å². The van der Waals surface area contributed by atoms with Crippen molar-refractivity contribution in [2.45, 2.75) is 37.0 Å². The fraction of sp³-hybridized carbons (Fsp3) is 1.00. The van der Waals surface area contributed by atoms with Crippen LogP contribution in [0.3, 0.4) is 0 Å². The van der Waals surface area contributed by atoms with Gasteiger partial charge in [-0.1, -0.05) is 12.8 Å². The van der Waals surface area contributed by atoms with Gasteiger partial charge in [0.1, 0.15) is 0 Å². The molecule has 3 nitrogen and oxygen atoms in total. The lowest BCUT2D eigenvalue weighted by Gasteiger charge is -2.29. The number of rotatable bonds is 5. The Labute approximate surface area is 103 Å². The number of nitrogens with zero attached hydrogens (tertiary/aromatic N) is 1. The molecular formula is C12H24N2OS. The molecule has 4 heteroatoms. The van der Waals surface area contributed by atoms with Gasteiger partial charge in [0.25, 0.3) is 0 Å². The Hall–Kier alpha value is 0.230. The summed E-state index contributed by atoms with van der Waals surface area (Å²) in [6, 6.07) is 0. The maximum Gasteiger partial charge on any atom is 0.0757 e. The molecule has 0 amide bonds. The molecule has 1 unspecified atom stereocenters. The fourth-order valence-electron chi connectivity index (χ4n) is 2.55. The van der Waals surface area contributed by atoms with E-state index in [1.165, 1.54) is 25.7 Å². The minimum Gasteiger partial charge on any atom is -0.391 e. The predicted molar refractivity (Wildman–Crippen MR) is 70.0 cm³/mol. The van der Waals surface area contributed by atoms with E-state index in [4.69, 9.17) is 0 Å². The summed E-state index contributed by atoms with van der Waals surface area (Å²) in [7, 11) is 0. The molecule has 1 atom stereocenters. The Morgan fingerprint density at radius 3 is 2.62 bits per heavy atom. The van der Waals surface area contributed by atoms with Gasteiger partial charge in [-0.25, -0.2) is 0 Å². The molecule has 0 radical (unpaired) electrons. The van der Waals surface area contributed by atoms with Gasteiger partial charge in [-0.2, -0.15) is 11.8 Å². The highest BCUT2D eigenvalue weighted by molar-refractivity contribution is 7.99. The monoisotopic (exact) mass is 244 g/mol. The van der Waals surface area contributed by atoms with Gasteiger partial charge in [0.15, 0.2) is 0 Å². The van der Waals surface area contributed by atoms with E-state index < -0.39 is 0 Å². The zero-order chi connectivity index (χ0) is 11.2. The number of piperazine rings is 1. The van der Waals surface area contributed by atoms with Crippen LogP contribution in [0.5, 0.6) is 0 Å². The van der Waals surface area contributed by atoms with Crippen molar-refractivity contribution in [1.29, 1.82) is 0 Å². The van der Waals surface area contributed by atoms with Crippen molar-refractivity contribution in [3.8, 4) is 0 Å². The Morgan fingerprint density at radius 1 is 1.25 bits per heavy atom. The van der Waals surface area contributed by atoms with Gasteiger partial charge >= 0.3 is 0 Å². The van der Waals surface area contributed by atoms with Crippen molar-refractivity contribution < 1.29 is 5.11 Å². The molecule has 2 rings (SSSR count). The molecule has 1 saturated carbocycles. The van der Waals surface area contributed by atoms with E-state index in [9.17, 15) is 5.11 Å². The van der Waals surface area contributed by atoms with Crippen molar-refractivity contribution >= 4 is 11.8 Å². The summed E-state index contributed by atoms with van der Waals surface area (Å²) in [4.78, 5) is 2.37. The first-order valence-corrected chi connectivity index (χ1v) is 7.62. The first kappa shape index (κ1) is 12.7. The first-order chi connectivity index (χ1) is 7.84. The van der Waals surface area contributed by atoms with Gasteiger partial charge < -0.3 is 10.4 Å². The minimum absolute atomic E-state index is 0.135. The highest BCUT2D eigenvalue weighted by atomic mass is 32.2. The molecule has 0 aromatic rings. The van der Waals surface area contributed by atoms with E-state index in [0.29, 0.717) is 0 Å². The van der Waals surface area contributed by atoms with Gasteiger partial charge in [-0.05, 0) is 12.8 Å². The summed E-state index contributed by atoms with van der Waals surface area (Å²) in [5, 5.41) is 14.1. The molecule has 0 aromatic heterocycles. The van der Waals surface area contributed by atoms with Gasteiger partial charge in [0, 0.05) is 43.7 Å². The Bertz CT molecular complexity index is 191. The highest BCUT2D eigenvalue weighted by Crippen LogP contribution is 2.29. The lowest BCUT2D eigenvalue weighted by molar-refractivity contribution is 0.121. The van der Waals surface area contributed by atoms with Crippen LogP contribution in [0.1, 0.15) is 25.7 Å². The average Bonchev–Trinajstić information content (AvgIpc) is 2.81. The summed E-state index contributed by atoms with van der Waals surface area (Å²) >= 11 is 1.99. The molecule has 2 fully saturated rings. The molecule has 0 aromatic carbocycles.